The van der Waals surface area contributed by atoms with Gasteiger partial charge in [-0.1, -0.05) is 130 Å². The van der Waals surface area contributed by atoms with Gasteiger partial charge in [0.1, 0.15) is 11.6 Å². The van der Waals surface area contributed by atoms with Crippen molar-refractivity contribution in [3.8, 4) is 22.3 Å². The third-order valence-electron chi connectivity index (χ3n) is 11.2. The molecule has 0 unspecified atom stereocenters. The van der Waals surface area contributed by atoms with Gasteiger partial charge in [-0.05, 0) is 36.4 Å². The molecule has 9 heteroatoms. The number of rotatable bonds is 4. The van der Waals surface area contributed by atoms with E-state index < -0.39 is 0 Å². The summed E-state index contributed by atoms with van der Waals surface area (Å²) < 4.78 is 0. The average molecular weight is 822 g/mol. The summed E-state index contributed by atoms with van der Waals surface area (Å²) in [5, 5.41) is 0. The molecule has 0 spiro atoms. The van der Waals surface area contributed by atoms with Crippen molar-refractivity contribution >= 4 is 74.9 Å². The maximum Gasteiger partial charge on any atom is 0.324 e. The summed E-state index contributed by atoms with van der Waals surface area (Å²) >= 11 is 0. The second-order valence-electron chi connectivity index (χ2n) is 14.2. The summed E-state index contributed by atoms with van der Waals surface area (Å²) in [4.78, 5) is 20.7. The summed E-state index contributed by atoms with van der Waals surface area (Å²) in [6.07, 6.45) is 3.49. The van der Waals surface area contributed by atoms with Gasteiger partial charge in [0.2, 0.25) is 0 Å². The van der Waals surface area contributed by atoms with Crippen LogP contribution < -0.4 is 35.3 Å². The predicted octanol–water partition coefficient (Wildman–Crippen LogP) is 9.80. The van der Waals surface area contributed by atoms with E-state index in [4.69, 9.17) is 9.97 Å². The second-order valence-corrected chi connectivity index (χ2v) is 14.2. The van der Waals surface area contributed by atoms with Crippen molar-refractivity contribution in [1.82, 2.24) is 9.97 Å². The van der Waals surface area contributed by atoms with E-state index in [1.807, 2.05) is 18.2 Å². The third-order valence-corrected chi connectivity index (χ3v) is 11.2. The van der Waals surface area contributed by atoms with Gasteiger partial charge in [0.05, 0.1) is 0 Å². The molecular weight excluding hydrogens is 792 g/mol. The minimum atomic E-state index is -0.0912. The van der Waals surface area contributed by atoms with Gasteiger partial charge in [0, 0.05) is 55.6 Å². The molecule has 7 nitrogen and oxygen atoms in total. The first-order valence-electron chi connectivity index (χ1n) is 18.8. The van der Waals surface area contributed by atoms with Gasteiger partial charge in [-0.15, -0.1) is 60.1 Å². The Balaban J connectivity index is 0.00000374. The van der Waals surface area contributed by atoms with E-state index in [0.717, 1.165) is 68.3 Å². The Bertz CT molecular complexity index is 2640. The molecule has 5 heterocycles. The fraction of sp³-hybridized carbons (Fsp3) is 0. The molecule has 7 aromatic carbocycles. The van der Waals surface area contributed by atoms with E-state index in [-0.39, 0.29) is 27.3 Å². The number of hydrogen-bond donors (Lipinski definition) is 0. The summed E-state index contributed by atoms with van der Waals surface area (Å²) in [6, 6.07) is 63.7. The van der Waals surface area contributed by atoms with Crippen molar-refractivity contribution in [3.05, 3.63) is 196 Å². The van der Waals surface area contributed by atoms with E-state index in [9.17, 15) is 0 Å². The molecule has 0 bridgehead atoms. The van der Waals surface area contributed by atoms with Gasteiger partial charge in [0.15, 0.2) is 0 Å². The number of hydrogen-bond acceptors (Lipinski definition) is 7. The Morgan fingerprint density at radius 3 is 1.47 bits per heavy atom. The predicted molar refractivity (Wildman–Crippen MR) is 227 cm³/mol. The van der Waals surface area contributed by atoms with Crippen LogP contribution in [-0.4, -0.2) is 16.8 Å². The van der Waals surface area contributed by atoms with E-state index >= 15 is 0 Å². The second kappa shape index (κ2) is 13.2. The monoisotopic (exact) mass is 821 g/mol. The SMILES string of the molecule is [Pd].[c-]1c(N2[CH-]N(c3ccccc3)c3ccccc32)ccc2c1N1B(c3ccccc3-2)c2ccccc2-c2ccc(N3[CH-]N(c4ccccc4)c4nccnc43)[c-]c21. The summed E-state index contributed by atoms with van der Waals surface area (Å²) in [6.45, 7) is 4.15. The Morgan fingerprint density at radius 2 is 0.877 bits per heavy atom. The van der Waals surface area contributed by atoms with E-state index in [1.165, 1.54) is 22.1 Å². The number of para-hydroxylation sites is 4. The Labute approximate surface area is 345 Å². The van der Waals surface area contributed by atoms with Gasteiger partial charge < -0.3 is 24.4 Å². The molecule has 1 aromatic heterocycles. The molecule has 8 aromatic rings. The number of fused-ring (bicyclic) bond motifs is 13. The number of anilines is 10. The van der Waals surface area contributed by atoms with E-state index in [0.29, 0.717) is 0 Å². The van der Waals surface area contributed by atoms with Crippen molar-refractivity contribution < 1.29 is 20.4 Å². The van der Waals surface area contributed by atoms with Crippen LogP contribution >= 0.6 is 0 Å². The first-order chi connectivity index (χ1) is 27.8. The van der Waals surface area contributed by atoms with Crippen LogP contribution in [0.15, 0.2) is 170 Å². The topological polar surface area (TPSA) is 42.0 Å². The zero-order valence-electron chi connectivity index (χ0n) is 30.3. The third kappa shape index (κ3) is 5.10. The molecule has 4 aliphatic rings. The van der Waals surface area contributed by atoms with Crippen LogP contribution in [0, 0.1) is 25.5 Å². The average Bonchev–Trinajstić information content (AvgIpc) is 3.86. The standard InChI is InChI=1S/C48H30BN7.Pd/c1-3-13-33(14-4-1)52-31-53(44-22-12-11-21-43(44)52)35-23-25-39-37-17-7-9-19-41(37)49-42-20-10-8-18-38(42)40-26-24-36(30-46(40)56(49)45(39)29-35)55-32-54(34-15-5-2-6-16-34)47-48(55)51-28-27-50-47;/h1-28,31-32H;/q-4;. The molecular formula is C48H30BN7Pd-4. The molecule has 0 saturated heterocycles. The molecule has 0 atom stereocenters. The van der Waals surface area contributed by atoms with Crippen molar-refractivity contribution in [2.45, 2.75) is 0 Å². The van der Waals surface area contributed by atoms with Crippen LogP contribution in [0.2, 0.25) is 0 Å². The quantitative estimate of drug-likeness (QED) is 0.129. The molecule has 274 valence electrons. The van der Waals surface area contributed by atoms with Crippen LogP contribution in [0.25, 0.3) is 22.3 Å². The van der Waals surface area contributed by atoms with Gasteiger partial charge in [0.25, 0.3) is 0 Å². The first kappa shape index (κ1) is 33.7. The molecule has 12 rings (SSSR count). The van der Waals surface area contributed by atoms with Crippen molar-refractivity contribution in [1.29, 1.82) is 0 Å². The van der Waals surface area contributed by atoms with Gasteiger partial charge in [-0.25, -0.2) is 9.97 Å². The van der Waals surface area contributed by atoms with Crippen LogP contribution in [0.4, 0.5) is 57.1 Å². The maximum absolute atomic E-state index is 4.83. The maximum atomic E-state index is 4.83. The fourth-order valence-electron chi connectivity index (χ4n) is 8.76. The van der Waals surface area contributed by atoms with Crippen LogP contribution in [0.1, 0.15) is 0 Å². The van der Waals surface area contributed by atoms with Crippen molar-refractivity contribution in [2.75, 3.05) is 24.4 Å². The number of nitrogens with zero attached hydrogens (tertiary/aromatic N) is 7. The van der Waals surface area contributed by atoms with Gasteiger partial charge >= 0.3 is 6.85 Å². The normalized spacial score (nSPS) is 14.2. The minimum absolute atomic E-state index is 0. The minimum Gasteiger partial charge on any atom is -0.493 e. The Morgan fingerprint density at radius 1 is 0.421 bits per heavy atom. The zero-order valence-corrected chi connectivity index (χ0v) is 31.9. The first-order valence-corrected chi connectivity index (χ1v) is 18.8. The van der Waals surface area contributed by atoms with E-state index in [1.54, 1.807) is 12.4 Å². The fourth-order valence-corrected chi connectivity index (χ4v) is 8.76. The zero-order chi connectivity index (χ0) is 36.7. The number of aromatic nitrogens is 2. The molecule has 0 N–H and O–H groups in total. The van der Waals surface area contributed by atoms with Gasteiger partial charge in [-0.2, -0.15) is 12.1 Å². The Hall–Kier alpha value is -6.65. The Kier molecular flexibility index (Phi) is 7.82. The molecule has 57 heavy (non-hydrogen) atoms. The van der Waals surface area contributed by atoms with Crippen LogP contribution in [0.3, 0.4) is 0 Å². The summed E-state index contributed by atoms with van der Waals surface area (Å²) in [7, 11) is 0. The molecule has 0 radical (unpaired) electrons. The molecule has 4 aliphatic heterocycles. The summed E-state index contributed by atoms with van der Waals surface area (Å²) in [5.74, 6) is 1.53. The molecule has 0 saturated carbocycles. The number of benzene rings is 7. The van der Waals surface area contributed by atoms with Crippen LogP contribution in [0.5, 0.6) is 0 Å². The van der Waals surface area contributed by atoms with Gasteiger partial charge in [-0.3, -0.25) is 0 Å². The van der Waals surface area contributed by atoms with E-state index in [2.05, 4.69) is 189 Å². The molecule has 0 fully saturated rings. The molecule has 0 aliphatic carbocycles. The largest absolute Gasteiger partial charge is 0.493 e. The molecule has 0 amide bonds. The van der Waals surface area contributed by atoms with Crippen molar-refractivity contribution in [3.63, 3.8) is 0 Å². The smallest absolute Gasteiger partial charge is 0.324 e. The van der Waals surface area contributed by atoms with Crippen LogP contribution in [-0.2, 0) is 20.4 Å². The summed E-state index contributed by atoms with van der Waals surface area (Å²) in [5.41, 5.74) is 15.4. The van der Waals surface area contributed by atoms with Crippen molar-refractivity contribution in [2.24, 2.45) is 0 Å².